The number of hydrogen-bond acceptors (Lipinski definition) is 3. The van der Waals surface area contributed by atoms with E-state index in [1.807, 2.05) is 13.8 Å². The van der Waals surface area contributed by atoms with Crippen molar-refractivity contribution in [1.29, 1.82) is 0 Å². The minimum absolute atomic E-state index is 0.0659. The van der Waals surface area contributed by atoms with E-state index in [1.165, 1.54) is 16.0 Å². The summed E-state index contributed by atoms with van der Waals surface area (Å²) in [5.74, 6) is 0. The second kappa shape index (κ2) is 4.98. The van der Waals surface area contributed by atoms with E-state index in [0.29, 0.717) is 0 Å². The van der Waals surface area contributed by atoms with E-state index < -0.39 is 0 Å². The summed E-state index contributed by atoms with van der Waals surface area (Å²) in [6.45, 7) is 6.19. The van der Waals surface area contributed by atoms with E-state index >= 15 is 0 Å². The molecule has 0 fully saturated rings. The van der Waals surface area contributed by atoms with Crippen LogP contribution in [0.3, 0.4) is 0 Å². The summed E-state index contributed by atoms with van der Waals surface area (Å²) >= 11 is 1.70. The summed E-state index contributed by atoms with van der Waals surface area (Å²) in [5, 5.41) is 1.07. The quantitative estimate of drug-likeness (QED) is 0.896. The normalized spacial score (nSPS) is 12.7. The van der Waals surface area contributed by atoms with Crippen LogP contribution in [0, 0.1) is 6.92 Å². The minimum Gasteiger partial charge on any atom is -0.323 e. The van der Waals surface area contributed by atoms with E-state index in [-0.39, 0.29) is 6.04 Å². The SMILES string of the molecule is CCc1ccc(-c2nc(C)c(C(C)N)s2)cc1. The molecule has 0 radical (unpaired) electrons. The Balaban J connectivity index is 2.36. The number of rotatable bonds is 3. The largest absolute Gasteiger partial charge is 0.323 e. The Morgan fingerprint density at radius 1 is 1.29 bits per heavy atom. The average molecular weight is 246 g/mol. The van der Waals surface area contributed by atoms with Gasteiger partial charge in [0.05, 0.1) is 5.69 Å². The zero-order valence-corrected chi connectivity index (χ0v) is 11.3. The molecule has 1 aromatic carbocycles. The maximum absolute atomic E-state index is 5.92. The van der Waals surface area contributed by atoms with E-state index in [4.69, 9.17) is 5.73 Å². The Morgan fingerprint density at radius 2 is 1.94 bits per heavy atom. The molecule has 1 atom stereocenters. The van der Waals surface area contributed by atoms with E-state index in [2.05, 4.69) is 36.2 Å². The number of nitrogens with zero attached hydrogens (tertiary/aromatic N) is 1. The second-order valence-electron chi connectivity index (χ2n) is 4.31. The Bertz CT molecular complexity index is 497. The van der Waals surface area contributed by atoms with Crippen LogP contribution in [-0.2, 0) is 6.42 Å². The summed E-state index contributed by atoms with van der Waals surface area (Å²) in [5.41, 5.74) is 9.52. The van der Waals surface area contributed by atoms with Crippen LogP contribution in [0.4, 0.5) is 0 Å². The van der Waals surface area contributed by atoms with E-state index in [1.54, 1.807) is 11.3 Å². The fourth-order valence-corrected chi connectivity index (χ4v) is 2.86. The minimum atomic E-state index is 0.0659. The predicted octanol–water partition coefficient (Wildman–Crippen LogP) is 3.70. The summed E-state index contributed by atoms with van der Waals surface area (Å²) < 4.78 is 0. The molecule has 0 amide bonds. The van der Waals surface area contributed by atoms with Crippen molar-refractivity contribution < 1.29 is 0 Å². The third-order valence-corrected chi connectivity index (χ3v) is 4.26. The fraction of sp³-hybridized carbons (Fsp3) is 0.357. The predicted molar refractivity (Wildman–Crippen MR) is 74.3 cm³/mol. The Labute approximate surface area is 107 Å². The number of aryl methyl sites for hydroxylation is 2. The molecule has 3 heteroatoms. The van der Waals surface area contributed by atoms with Gasteiger partial charge in [-0.3, -0.25) is 0 Å². The maximum atomic E-state index is 5.92. The van der Waals surface area contributed by atoms with Gasteiger partial charge in [-0.1, -0.05) is 31.2 Å². The van der Waals surface area contributed by atoms with Crippen LogP contribution in [0.1, 0.15) is 36.0 Å². The van der Waals surface area contributed by atoms with E-state index in [0.717, 1.165) is 17.1 Å². The van der Waals surface area contributed by atoms with Gasteiger partial charge in [-0.05, 0) is 25.8 Å². The van der Waals surface area contributed by atoms with Crippen molar-refractivity contribution in [2.45, 2.75) is 33.2 Å². The number of benzene rings is 1. The van der Waals surface area contributed by atoms with Crippen molar-refractivity contribution in [3.8, 4) is 10.6 Å². The summed E-state index contributed by atoms with van der Waals surface area (Å²) in [6, 6.07) is 8.68. The van der Waals surface area contributed by atoms with Crippen LogP contribution < -0.4 is 5.73 Å². The van der Waals surface area contributed by atoms with Crippen LogP contribution in [0.2, 0.25) is 0 Å². The molecule has 2 N–H and O–H groups in total. The topological polar surface area (TPSA) is 38.9 Å². The van der Waals surface area contributed by atoms with Crippen molar-refractivity contribution in [2.75, 3.05) is 0 Å². The molecule has 2 rings (SSSR count). The lowest BCUT2D eigenvalue weighted by Gasteiger charge is -2.00. The molecule has 1 heterocycles. The molecule has 0 aliphatic heterocycles. The summed E-state index contributed by atoms with van der Waals surface area (Å²) in [6.07, 6.45) is 1.07. The van der Waals surface area contributed by atoms with E-state index in [9.17, 15) is 0 Å². The molecule has 17 heavy (non-hydrogen) atoms. The fourth-order valence-electron chi connectivity index (χ4n) is 1.84. The van der Waals surface area contributed by atoms with Gasteiger partial charge in [0.25, 0.3) is 0 Å². The van der Waals surface area contributed by atoms with Gasteiger partial charge in [0, 0.05) is 16.5 Å². The number of thiazole rings is 1. The smallest absolute Gasteiger partial charge is 0.123 e. The summed E-state index contributed by atoms with van der Waals surface area (Å²) in [4.78, 5) is 5.78. The van der Waals surface area contributed by atoms with Crippen LogP contribution in [-0.4, -0.2) is 4.98 Å². The van der Waals surface area contributed by atoms with Gasteiger partial charge < -0.3 is 5.73 Å². The molecule has 0 aliphatic rings. The zero-order valence-electron chi connectivity index (χ0n) is 10.5. The third-order valence-electron chi connectivity index (χ3n) is 2.86. The molecular formula is C14H18N2S. The molecule has 1 unspecified atom stereocenters. The Morgan fingerprint density at radius 3 is 2.41 bits per heavy atom. The lowest BCUT2D eigenvalue weighted by atomic mass is 10.1. The first-order chi connectivity index (χ1) is 8.11. The standard InChI is InChI=1S/C14H18N2S/c1-4-11-5-7-12(8-6-11)14-16-10(3)13(17-14)9(2)15/h5-9H,4,15H2,1-3H3. The van der Waals surface area contributed by atoms with Gasteiger partial charge in [-0.2, -0.15) is 0 Å². The lowest BCUT2D eigenvalue weighted by Crippen LogP contribution is -2.03. The molecule has 0 bridgehead atoms. The van der Waals surface area contributed by atoms with Crippen LogP contribution >= 0.6 is 11.3 Å². The second-order valence-corrected chi connectivity index (χ2v) is 5.34. The van der Waals surface area contributed by atoms with Gasteiger partial charge in [0.2, 0.25) is 0 Å². The molecule has 0 spiro atoms. The van der Waals surface area contributed by atoms with Crippen molar-refractivity contribution in [1.82, 2.24) is 4.98 Å². The molecule has 2 aromatic rings. The van der Waals surface area contributed by atoms with Crippen LogP contribution in [0.15, 0.2) is 24.3 Å². The highest BCUT2D eigenvalue weighted by atomic mass is 32.1. The maximum Gasteiger partial charge on any atom is 0.123 e. The molecule has 2 nitrogen and oxygen atoms in total. The monoisotopic (exact) mass is 246 g/mol. The third kappa shape index (κ3) is 2.56. The molecule has 0 saturated carbocycles. The number of hydrogen-bond donors (Lipinski definition) is 1. The molecule has 0 aliphatic carbocycles. The molecule has 1 aromatic heterocycles. The van der Waals surface area contributed by atoms with Crippen LogP contribution in [0.25, 0.3) is 10.6 Å². The highest BCUT2D eigenvalue weighted by Crippen LogP contribution is 2.30. The first-order valence-corrected chi connectivity index (χ1v) is 6.75. The van der Waals surface area contributed by atoms with Crippen molar-refractivity contribution >= 4 is 11.3 Å². The van der Waals surface area contributed by atoms with Gasteiger partial charge >= 0.3 is 0 Å². The van der Waals surface area contributed by atoms with Gasteiger partial charge in [-0.15, -0.1) is 11.3 Å². The molecule has 90 valence electrons. The average Bonchev–Trinajstić information content (AvgIpc) is 2.71. The zero-order chi connectivity index (χ0) is 12.4. The van der Waals surface area contributed by atoms with Gasteiger partial charge in [-0.25, -0.2) is 4.98 Å². The van der Waals surface area contributed by atoms with Crippen molar-refractivity contribution in [2.24, 2.45) is 5.73 Å². The highest BCUT2D eigenvalue weighted by molar-refractivity contribution is 7.15. The molecule has 0 saturated heterocycles. The number of nitrogens with two attached hydrogens (primary N) is 1. The van der Waals surface area contributed by atoms with Gasteiger partial charge in [0.1, 0.15) is 5.01 Å². The lowest BCUT2D eigenvalue weighted by molar-refractivity contribution is 0.825. The Kier molecular flexibility index (Phi) is 3.60. The summed E-state index contributed by atoms with van der Waals surface area (Å²) in [7, 11) is 0. The Hall–Kier alpha value is -1.19. The number of aromatic nitrogens is 1. The van der Waals surface area contributed by atoms with Gasteiger partial charge in [0.15, 0.2) is 0 Å². The first kappa shape index (κ1) is 12.3. The van der Waals surface area contributed by atoms with Crippen molar-refractivity contribution in [3.05, 3.63) is 40.4 Å². The highest BCUT2D eigenvalue weighted by Gasteiger charge is 2.12. The molecular weight excluding hydrogens is 228 g/mol. The van der Waals surface area contributed by atoms with Crippen LogP contribution in [0.5, 0.6) is 0 Å². The first-order valence-electron chi connectivity index (χ1n) is 5.94. The van der Waals surface area contributed by atoms with Crippen molar-refractivity contribution in [3.63, 3.8) is 0 Å².